The van der Waals surface area contributed by atoms with Crippen molar-refractivity contribution in [3.63, 3.8) is 0 Å². The Hall–Kier alpha value is -2.54. The zero-order valence-electron chi connectivity index (χ0n) is 12.4. The summed E-state index contributed by atoms with van der Waals surface area (Å²) in [5, 5.41) is 3.63. The highest BCUT2D eigenvalue weighted by Crippen LogP contribution is 2.38. The number of hydrogen-bond acceptors (Lipinski definition) is 1. The van der Waals surface area contributed by atoms with Gasteiger partial charge in [-0.3, -0.25) is 0 Å². The molecule has 1 aliphatic rings. The number of nitrogens with zero attached hydrogens (tertiary/aromatic N) is 2. The molecule has 3 rings (SSSR count). The highest BCUT2D eigenvalue weighted by atomic mass is 19.4. The molecular formula is C17H11F5N2+. The molecule has 1 heterocycles. The van der Waals surface area contributed by atoms with Gasteiger partial charge in [-0.15, -0.1) is 4.59 Å². The predicted octanol–water partition coefficient (Wildman–Crippen LogP) is 4.82. The molecule has 0 saturated carbocycles. The van der Waals surface area contributed by atoms with E-state index < -0.39 is 28.1 Å². The van der Waals surface area contributed by atoms with E-state index in [2.05, 4.69) is 11.2 Å². The second-order valence-electron chi connectivity index (χ2n) is 5.41. The first-order valence-corrected chi connectivity index (χ1v) is 6.90. The van der Waals surface area contributed by atoms with Crippen LogP contribution in [0.25, 0.3) is 11.1 Å². The summed E-state index contributed by atoms with van der Waals surface area (Å²) in [6.45, 7) is 0. The van der Waals surface area contributed by atoms with Crippen molar-refractivity contribution in [1.29, 1.82) is 0 Å². The average Bonchev–Trinajstić information content (AvgIpc) is 2.92. The molecule has 1 unspecified atom stereocenters. The topological polar surface area (TPSA) is 12.4 Å². The molecule has 0 saturated heterocycles. The molecule has 2 aromatic carbocycles. The molecule has 0 spiro atoms. The molecule has 1 radical (unpaired) electrons. The summed E-state index contributed by atoms with van der Waals surface area (Å²) in [5.41, 5.74) is 0.00612. The average molecular weight is 338 g/mol. The molecular weight excluding hydrogens is 327 g/mol. The minimum Gasteiger partial charge on any atom is -0.207 e. The molecule has 123 valence electrons. The van der Waals surface area contributed by atoms with Crippen LogP contribution in [0.4, 0.5) is 27.6 Å². The van der Waals surface area contributed by atoms with E-state index in [-0.39, 0.29) is 5.69 Å². The van der Waals surface area contributed by atoms with Gasteiger partial charge in [0.05, 0.1) is 6.08 Å². The summed E-state index contributed by atoms with van der Waals surface area (Å²) in [5.74, 6) is -1.06. The van der Waals surface area contributed by atoms with E-state index in [0.29, 0.717) is 11.1 Å². The van der Waals surface area contributed by atoms with Crippen LogP contribution in [-0.2, 0) is 0 Å². The van der Waals surface area contributed by atoms with E-state index in [4.69, 9.17) is 0 Å². The molecule has 0 aromatic heterocycles. The van der Waals surface area contributed by atoms with Crippen molar-refractivity contribution in [3.8, 4) is 11.1 Å². The standard InChI is InChI=1S/C17H11F5N2/c1-24(9-8-16(23-24)17(20,21)22)15-10-13(19)6-7-14(15)11-2-4-12(18)5-3-11/h2-7,9-10H,1H3/q+1. The molecule has 0 N–H and O–H groups in total. The largest absolute Gasteiger partial charge is 0.439 e. The number of hydrogen-bond donors (Lipinski definition) is 0. The van der Waals surface area contributed by atoms with Crippen molar-refractivity contribution in [3.05, 3.63) is 66.4 Å². The molecule has 1 atom stereocenters. The van der Waals surface area contributed by atoms with Gasteiger partial charge in [0.15, 0.2) is 5.69 Å². The molecule has 0 fully saturated rings. The molecule has 1 aliphatic heterocycles. The van der Waals surface area contributed by atoms with E-state index in [1.54, 1.807) is 0 Å². The third kappa shape index (κ3) is 2.94. The van der Waals surface area contributed by atoms with E-state index in [1.165, 1.54) is 43.4 Å². The zero-order chi connectivity index (χ0) is 17.5. The lowest BCUT2D eigenvalue weighted by Crippen LogP contribution is -2.33. The number of rotatable bonds is 2. The fraction of sp³-hybridized carbons (Fsp3) is 0.118. The summed E-state index contributed by atoms with van der Waals surface area (Å²) >= 11 is 0. The van der Waals surface area contributed by atoms with Gasteiger partial charge in [0.25, 0.3) is 0 Å². The Labute approximate surface area is 134 Å². The van der Waals surface area contributed by atoms with Gasteiger partial charge < -0.3 is 0 Å². The van der Waals surface area contributed by atoms with Gasteiger partial charge in [-0.25, -0.2) is 8.78 Å². The molecule has 2 nitrogen and oxygen atoms in total. The Morgan fingerprint density at radius 1 is 0.958 bits per heavy atom. The quantitative estimate of drug-likeness (QED) is 0.550. The Kier molecular flexibility index (Phi) is 3.76. The minimum absolute atomic E-state index is 0.188. The SMILES string of the molecule is C[N+]1(c2cc(F)ccc2-c2ccc(F)cc2)C=[C]C(C(F)(F)F)=N1. The minimum atomic E-state index is -4.64. The lowest BCUT2D eigenvalue weighted by Gasteiger charge is -2.23. The van der Waals surface area contributed by atoms with Crippen LogP contribution in [0.1, 0.15) is 0 Å². The Balaban J connectivity index is 2.15. The maximum atomic E-state index is 13.7. The monoisotopic (exact) mass is 338 g/mol. The molecule has 2 aromatic rings. The molecule has 24 heavy (non-hydrogen) atoms. The molecule has 0 amide bonds. The Bertz CT molecular complexity index is 837. The van der Waals surface area contributed by atoms with Crippen molar-refractivity contribution in [1.82, 2.24) is 4.59 Å². The first-order chi connectivity index (χ1) is 11.2. The van der Waals surface area contributed by atoms with Gasteiger partial charge in [0, 0.05) is 11.6 Å². The summed E-state index contributed by atoms with van der Waals surface area (Å²) in [6.07, 6.45) is -1.46. The number of quaternary nitrogens is 1. The van der Waals surface area contributed by atoms with Gasteiger partial charge in [-0.1, -0.05) is 17.2 Å². The third-order valence-corrected chi connectivity index (χ3v) is 3.63. The summed E-state index contributed by atoms with van der Waals surface area (Å²) < 4.78 is 64.6. The van der Waals surface area contributed by atoms with Crippen molar-refractivity contribution < 1.29 is 22.0 Å². The first kappa shape index (κ1) is 16.3. The summed E-state index contributed by atoms with van der Waals surface area (Å²) in [7, 11) is 1.38. The van der Waals surface area contributed by atoms with Crippen molar-refractivity contribution in [2.45, 2.75) is 6.18 Å². The maximum absolute atomic E-state index is 13.7. The Morgan fingerprint density at radius 3 is 2.17 bits per heavy atom. The highest BCUT2D eigenvalue weighted by Gasteiger charge is 2.43. The Morgan fingerprint density at radius 2 is 1.58 bits per heavy atom. The second kappa shape index (κ2) is 5.52. The van der Waals surface area contributed by atoms with E-state index in [9.17, 15) is 22.0 Å². The van der Waals surface area contributed by atoms with E-state index >= 15 is 0 Å². The van der Waals surface area contributed by atoms with Crippen LogP contribution in [0.5, 0.6) is 0 Å². The smallest absolute Gasteiger partial charge is 0.207 e. The normalized spacial score (nSPS) is 20.3. The van der Waals surface area contributed by atoms with Crippen molar-refractivity contribution in [2.75, 3.05) is 7.05 Å². The van der Waals surface area contributed by atoms with Crippen LogP contribution in [0.3, 0.4) is 0 Å². The van der Waals surface area contributed by atoms with Gasteiger partial charge in [-0.2, -0.15) is 13.2 Å². The molecule has 0 bridgehead atoms. The van der Waals surface area contributed by atoms with Crippen LogP contribution >= 0.6 is 0 Å². The van der Waals surface area contributed by atoms with Crippen molar-refractivity contribution in [2.24, 2.45) is 5.10 Å². The van der Waals surface area contributed by atoms with E-state index in [1.807, 2.05) is 0 Å². The lowest BCUT2D eigenvalue weighted by atomic mass is 10.0. The van der Waals surface area contributed by atoms with Gasteiger partial charge in [-0.05, 0) is 29.8 Å². The fourth-order valence-corrected chi connectivity index (χ4v) is 2.47. The number of benzene rings is 2. The molecule has 7 heteroatoms. The second-order valence-corrected chi connectivity index (χ2v) is 5.41. The number of halogens is 5. The number of allylic oxidation sites excluding steroid dienone is 1. The molecule has 0 aliphatic carbocycles. The number of alkyl halides is 3. The summed E-state index contributed by atoms with van der Waals surface area (Å²) in [6, 6.07) is 9.10. The fourth-order valence-electron chi connectivity index (χ4n) is 2.47. The van der Waals surface area contributed by atoms with Crippen LogP contribution in [0.15, 0.2) is 53.8 Å². The maximum Gasteiger partial charge on any atom is 0.439 e. The van der Waals surface area contributed by atoms with Crippen molar-refractivity contribution >= 4 is 11.4 Å². The lowest BCUT2D eigenvalue weighted by molar-refractivity contribution is -0.0584. The van der Waals surface area contributed by atoms with Crippen LogP contribution in [0, 0.1) is 17.7 Å². The van der Waals surface area contributed by atoms with E-state index in [0.717, 1.165) is 12.3 Å². The van der Waals surface area contributed by atoms with Crippen LogP contribution < -0.4 is 4.59 Å². The first-order valence-electron chi connectivity index (χ1n) is 6.90. The van der Waals surface area contributed by atoms with Crippen LogP contribution in [0.2, 0.25) is 0 Å². The van der Waals surface area contributed by atoms with Crippen LogP contribution in [-0.4, -0.2) is 18.9 Å². The van der Waals surface area contributed by atoms with Gasteiger partial charge in [0.1, 0.15) is 24.9 Å². The predicted molar refractivity (Wildman–Crippen MR) is 80.8 cm³/mol. The third-order valence-electron chi connectivity index (χ3n) is 3.63. The highest BCUT2D eigenvalue weighted by molar-refractivity contribution is 5.98. The zero-order valence-corrected chi connectivity index (χ0v) is 12.4. The van der Waals surface area contributed by atoms with Gasteiger partial charge >= 0.3 is 6.18 Å². The summed E-state index contributed by atoms with van der Waals surface area (Å²) in [4.78, 5) is 0. The van der Waals surface area contributed by atoms with Gasteiger partial charge in [0.2, 0.25) is 5.71 Å².